The number of hydrogen-bond acceptors (Lipinski definition) is 3. The fourth-order valence-electron chi connectivity index (χ4n) is 2.34. The van der Waals surface area contributed by atoms with Gasteiger partial charge in [0.25, 0.3) is 0 Å². The molecule has 102 valence electrons. The maximum absolute atomic E-state index is 11.4. The van der Waals surface area contributed by atoms with Crippen LogP contribution in [0.2, 0.25) is 0 Å². The van der Waals surface area contributed by atoms with Gasteiger partial charge in [0.2, 0.25) is 0 Å². The van der Waals surface area contributed by atoms with Crippen LogP contribution in [0.25, 0.3) is 11.0 Å². The summed E-state index contributed by atoms with van der Waals surface area (Å²) in [6, 6.07) is 5.95. The molecule has 5 nitrogen and oxygen atoms in total. The highest BCUT2D eigenvalue weighted by molar-refractivity contribution is 5.74. The molecule has 3 N–H and O–H groups in total. The van der Waals surface area contributed by atoms with Crippen LogP contribution in [0.4, 0.5) is 0 Å². The summed E-state index contributed by atoms with van der Waals surface area (Å²) in [6.45, 7) is 4.33. The largest absolute Gasteiger partial charge is 0.316 e. The zero-order valence-corrected chi connectivity index (χ0v) is 11.4. The molecule has 1 aromatic carbocycles. The summed E-state index contributed by atoms with van der Waals surface area (Å²) in [6.07, 6.45) is 1.06. The SMILES string of the molecule is CCC(C)C(NC)c1ccc2[nH]c(=O)c(=O)[nH]c2c1. The van der Waals surface area contributed by atoms with E-state index < -0.39 is 11.1 Å². The van der Waals surface area contributed by atoms with Gasteiger partial charge >= 0.3 is 11.1 Å². The van der Waals surface area contributed by atoms with E-state index in [0.717, 1.165) is 12.0 Å². The van der Waals surface area contributed by atoms with E-state index in [4.69, 9.17) is 0 Å². The van der Waals surface area contributed by atoms with E-state index in [1.54, 1.807) is 0 Å². The van der Waals surface area contributed by atoms with Crippen molar-refractivity contribution in [2.24, 2.45) is 5.92 Å². The van der Waals surface area contributed by atoms with E-state index in [1.807, 2.05) is 25.2 Å². The van der Waals surface area contributed by atoms with Crippen LogP contribution in [0.15, 0.2) is 27.8 Å². The molecule has 2 aromatic rings. The highest BCUT2D eigenvalue weighted by Gasteiger charge is 2.16. The minimum atomic E-state index is -0.618. The van der Waals surface area contributed by atoms with E-state index in [0.29, 0.717) is 17.0 Å². The average Bonchev–Trinajstić information content (AvgIpc) is 2.41. The van der Waals surface area contributed by atoms with E-state index in [9.17, 15) is 9.59 Å². The van der Waals surface area contributed by atoms with Gasteiger partial charge in [0.1, 0.15) is 0 Å². The Morgan fingerprint density at radius 3 is 2.37 bits per heavy atom. The third-order valence-corrected chi connectivity index (χ3v) is 3.63. The number of rotatable bonds is 4. The second-order valence-corrected chi connectivity index (χ2v) is 4.87. The molecule has 0 aliphatic heterocycles. The molecule has 2 unspecified atom stereocenters. The highest BCUT2D eigenvalue weighted by atomic mass is 16.2. The molecule has 0 aliphatic carbocycles. The first kappa shape index (κ1) is 13.5. The number of H-pyrrole nitrogens is 2. The molecular formula is C14H19N3O2. The summed E-state index contributed by atoms with van der Waals surface area (Å²) < 4.78 is 0. The van der Waals surface area contributed by atoms with Crippen LogP contribution in [0.3, 0.4) is 0 Å². The van der Waals surface area contributed by atoms with E-state index in [-0.39, 0.29) is 6.04 Å². The summed E-state index contributed by atoms with van der Waals surface area (Å²) in [5.41, 5.74) is 1.17. The zero-order valence-electron chi connectivity index (χ0n) is 11.4. The Balaban J connectivity index is 2.54. The molecule has 0 amide bonds. The van der Waals surface area contributed by atoms with Crippen molar-refractivity contribution in [1.82, 2.24) is 15.3 Å². The lowest BCUT2D eigenvalue weighted by Gasteiger charge is -2.23. The third-order valence-electron chi connectivity index (χ3n) is 3.63. The van der Waals surface area contributed by atoms with E-state index in [1.165, 1.54) is 0 Å². The van der Waals surface area contributed by atoms with Crippen LogP contribution in [0, 0.1) is 5.92 Å². The van der Waals surface area contributed by atoms with Gasteiger partial charge in [-0.3, -0.25) is 9.59 Å². The van der Waals surface area contributed by atoms with E-state index in [2.05, 4.69) is 29.1 Å². The summed E-state index contributed by atoms with van der Waals surface area (Å²) in [4.78, 5) is 27.8. The maximum atomic E-state index is 11.4. The predicted octanol–water partition coefficient (Wildman–Crippen LogP) is 1.52. The standard InChI is InChI=1S/C14H19N3O2/c1-4-8(2)12(15-3)9-5-6-10-11(7-9)17-14(19)13(18)16-10/h5-8,12,15H,4H2,1-3H3,(H,16,18)(H,17,19). The third kappa shape index (κ3) is 2.61. The molecule has 0 bridgehead atoms. The second kappa shape index (κ2) is 5.40. The summed E-state index contributed by atoms with van der Waals surface area (Å²) in [7, 11) is 1.93. The van der Waals surface area contributed by atoms with Gasteiger partial charge in [-0.2, -0.15) is 0 Å². The molecule has 2 rings (SSSR count). The first-order chi connectivity index (χ1) is 9.06. The molecule has 5 heteroatoms. The van der Waals surface area contributed by atoms with Gasteiger partial charge in [0, 0.05) is 6.04 Å². The Morgan fingerprint density at radius 1 is 1.16 bits per heavy atom. The normalized spacial score (nSPS) is 14.5. The monoisotopic (exact) mass is 261 g/mol. The molecule has 0 radical (unpaired) electrons. The molecule has 1 aromatic heterocycles. The Morgan fingerprint density at radius 2 is 1.79 bits per heavy atom. The fourth-order valence-corrected chi connectivity index (χ4v) is 2.34. The van der Waals surface area contributed by atoms with Crippen molar-refractivity contribution in [2.45, 2.75) is 26.3 Å². The van der Waals surface area contributed by atoms with Gasteiger partial charge in [-0.25, -0.2) is 0 Å². The van der Waals surface area contributed by atoms with Crippen LogP contribution < -0.4 is 16.4 Å². The maximum Gasteiger partial charge on any atom is 0.314 e. The highest BCUT2D eigenvalue weighted by Crippen LogP contribution is 2.25. The molecule has 0 aliphatic rings. The minimum absolute atomic E-state index is 0.227. The van der Waals surface area contributed by atoms with Crippen molar-refractivity contribution in [1.29, 1.82) is 0 Å². The van der Waals surface area contributed by atoms with Crippen LogP contribution >= 0.6 is 0 Å². The first-order valence-corrected chi connectivity index (χ1v) is 6.50. The Bertz CT molecular complexity index is 687. The van der Waals surface area contributed by atoms with Crippen LogP contribution in [0.5, 0.6) is 0 Å². The summed E-state index contributed by atoms with van der Waals surface area (Å²) in [5, 5.41) is 3.30. The smallest absolute Gasteiger partial charge is 0.314 e. The lowest BCUT2D eigenvalue weighted by molar-refractivity contribution is 0.401. The van der Waals surface area contributed by atoms with Crippen molar-refractivity contribution < 1.29 is 0 Å². The van der Waals surface area contributed by atoms with Gasteiger partial charge < -0.3 is 15.3 Å². The molecule has 1 heterocycles. The number of fused-ring (bicyclic) bond motifs is 1. The molecule has 0 saturated carbocycles. The lowest BCUT2D eigenvalue weighted by atomic mass is 9.92. The van der Waals surface area contributed by atoms with Crippen molar-refractivity contribution >= 4 is 11.0 Å². The lowest BCUT2D eigenvalue weighted by Crippen LogP contribution is -2.29. The van der Waals surface area contributed by atoms with Crippen LogP contribution in [-0.4, -0.2) is 17.0 Å². The summed E-state index contributed by atoms with van der Waals surface area (Å²) in [5.74, 6) is 0.483. The van der Waals surface area contributed by atoms with Gasteiger partial charge in [-0.05, 0) is 30.7 Å². The van der Waals surface area contributed by atoms with Gasteiger partial charge in [0.05, 0.1) is 11.0 Å². The molecule has 19 heavy (non-hydrogen) atoms. The number of benzene rings is 1. The molecule has 2 atom stereocenters. The van der Waals surface area contributed by atoms with Crippen molar-refractivity contribution in [3.05, 3.63) is 44.5 Å². The average molecular weight is 261 g/mol. The topological polar surface area (TPSA) is 77.8 Å². The molecule has 0 spiro atoms. The Hall–Kier alpha value is -1.88. The minimum Gasteiger partial charge on any atom is -0.316 e. The number of aromatic nitrogens is 2. The van der Waals surface area contributed by atoms with E-state index >= 15 is 0 Å². The van der Waals surface area contributed by atoms with Gasteiger partial charge in [0.15, 0.2) is 0 Å². The second-order valence-electron chi connectivity index (χ2n) is 4.87. The van der Waals surface area contributed by atoms with Gasteiger partial charge in [-0.1, -0.05) is 26.3 Å². The predicted molar refractivity (Wildman–Crippen MR) is 76.4 cm³/mol. The molecule has 0 saturated heterocycles. The van der Waals surface area contributed by atoms with Crippen molar-refractivity contribution in [3.8, 4) is 0 Å². The molecular weight excluding hydrogens is 242 g/mol. The van der Waals surface area contributed by atoms with Crippen molar-refractivity contribution in [3.63, 3.8) is 0 Å². The fraction of sp³-hybridized carbons (Fsp3) is 0.429. The Kier molecular flexibility index (Phi) is 3.85. The zero-order chi connectivity index (χ0) is 14.0. The summed E-state index contributed by atoms with van der Waals surface area (Å²) >= 11 is 0. The molecule has 0 fully saturated rings. The number of aromatic amines is 2. The Labute approximate surface area is 111 Å². The van der Waals surface area contributed by atoms with Crippen LogP contribution in [0.1, 0.15) is 31.9 Å². The quantitative estimate of drug-likeness (QED) is 0.730. The first-order valence-electron chi connectivity index (χ1n) is 6.50. The van der Waals surface area contributed by atoms with Crippen LogP contribution in [-0.2, 0) is 0 Å². The number of hydrogen-bond donors (Lipinski definition) is 3. The van der Waals surface area contributed by atoms with Gasteiger partial charge in [-0.15, -0.1) is 0 Å². The number of nitrogens with one attached hydrogen (secondary N) is 3. The van der Waals surface area contributed by atoms with Crippen molar-refractivity contribution in [2.75, 3.05) is 7.05 Å².